The highest BCUT2D eigenvalue weighted by atomic mass is 19.1. The van der Waals surface area contributed by atoms with Gasteiger partial charge in [-0.05, 0) is 24.3 Å². The van der Waals surface area contributed by atoms with Gasteiger partial charge in [0.2, 0.25) is 0 Å². The Morgan fingerprint density at radius 1 is 1.21 bits per heavy atom. The van der Waals surface area contributed by atoms with Gasteiger partial charge in [0.1, 0.15) is 11.6 Å². The predicted octanol–water partition coefficient (Wildman–Crippen LogP) is 2.90. The zero-order valence-electron chi connectivity index (χ0n) is 11.5. The molecule has 5 heteroatoms. The first-order valence-electron chi connectivity index (χ1n) is 6.36. The Kier molecular flexibility index (Phi) is 3.83. The van der Waals surface area contributed by atoms with E-state index in [0.29, 0.717) is 0 Å². The molecule has 0 fully saturated rings. The van der Waals surface area contributed by atoms with Gasteiger partial charge in [0.05, 0.1) is 0 Å². The van der Waals surface area contributed by atoms with E-state index in [2.05, 4.69) is 41.3 Å². The van der Waals surface area contributed by atoms with Crippen molar-refractivity contribution in [1.29, 1.82) is 0 Å². The predicted molar refractivity (Wildman–Crippen MR) is 73.7 cm³/mol. The minimum Gasteiger partial charge on any atom is -0.385 e. The molecule has 102 valence electrons. The largest absolute Gasteiger partial charge is 0.385 e. The third-order valence-corrected chi connectivity index (χ3v) is 2.74. The Balaban J connectivity index is 1.86. The molecule has 1 aromatic heterocycles. The van der Waals surface area contributed by atoms with Crippen LogP contribution in [0.3, 0.4) is 0 Å². The SMILES string of the molecule is CC(C)(C)c1n[nH]c(CCNc2ccc(F)cc2)n1. The van der Waals surface area contributed by atoms with Crippen molar-refractivity contribution in [2.45, 2.75) is 32.6 Å². The number of hydrogen-bond donors (Lipinski definition) is 2. The average molecular weight is 262 g/mol. The molecule has 0 unspecified atom stereocenters. The number of H-pyrrole nitrogens is 1. The molecule has 0 bridgehead atoms. The van der Waals surface area contributed by atoms with Gasteiger partial charge in [-0.15, -0.1) is 0 Å². The molecule has 2 aromatic rings. The second-order valence-electron chi connectivity index (χ2n) is 5.54. The van der Waals surface area contributed by atoms with E-state index in [1.807, 2.05) is 0 Å². The fourth-order valence-electron chi connectivity index (χ4n) is 1.64. The molecule has 0 saturated carbocycles. The van der Waals surface area contributed by atoms with E-state index in [-0.39, 0.29) is 11.2 Å². The molecule has 0 saturated heterocycles. The van der Waals surface area contributed by atoms with Crippen molar-refractivity contribution >= 4 is 5.69 Å². The maximum atomic E-state index is 12.7. The van der Waals surface area contributed by atoms with Gasteiger partial charge in [0.25, 0.3) is 0 Å². The standard InChI is InChI=1S/C14H19FN4/c1-14(2,3)13-17-12(18-19-13)8-9-16-11-6-4-10(15)5-7-11/h4-7,16H,8-9H2,1-3H3,(H,17,18,19). The number of aromatic amines is 1. The van der Waals surface area contributed by atoms with Gasteiger partial charge >= 0.3 is 0 Å². The summed E-state index contributed by atoms with van der Waals surface area (Å²) in [5.74, 6) is 1.46. The zero-order valence-corrected chi connectivity index (χ0v) is 11.5. The smallest absolute Gasteiger partial charge is 0.155 e. The first-order valence-corrected chi connectivity index (χ1v) is 6.36. The summed E-state index contributed by atoms with van der Waals surface area (Å²) in [6.07, 6.45) is 0.750. The highest BCUT2D eigenvalue weighted by molar-refractivity contribution is 5.42. The summed E-state index contributed by atoms with van der Waals surface area (Å²) in [6.45, 7) is 6.97. The number of nitrogens with one attached hydrogen (secondary N) is 2. The molecule has 1 heterocycles. The van der Waals surface area contributed by atoms with Crippen LogP contribution in [0.4, 0.5) is 10.1 Å². The zero-order chi connectivity index (χ0) is 13.9. The Morgan fingerprint density at radius 3 is 2.47 bits per heavy atom. The van der Waals surface area contributed by atoms with Crippen LogP contribution in [0.25, 0.3) is 0 Å². The molecule has 0 atom stereocenters. The van der Waals surface area contributed by atoms with Crippen LogP contribution in [-0.4, -0.2) is 21.7 Å². The number of hydrogen-bond acceptors (Lipinski definition) is 3. The monoisotopic (exact) mass is 262 g/mol. The van der Waals surface area contributed by atoms with Gasteiger partial charge in [-0.1, -0.05) is 20.8 Å². The Bertz CT molecular complexity index is 525. The Morgan fingerprint density at radius 2 is 1.89 bits per heavy atom. The first-order chi connectivity index (χ1) is 8.95. The van der Waals surface area contributed by atoms with Crippen LogP contribution in [0.5, 0.6) is 0 Å². The van der Waals surface area contributed by atoms with E-state index >= 15 is 0 Å². The molecule has 0 aliphatic heterocycles. The van der Waals surface area contributed by atoms with Crippen molar-refractivity contribution in [3.8, 4) is 0 Å². The summed E-state index contributed by atoms with van der Waals surface area (Å²) in [5, 5.41) is 10.4. The molecule has 0 aliphatic rings. The van der Waals surface area contributed by atoms with Crippen LogP contribution in [0.1, 0.15) is 32.4 Å². The molecule has 1 aromatic carbocycles. The van der Waals surface area contributed by atoms with E-state index in [1.165, 1.54) is 12.1 Å². The number of nitrogens with zero attached hydrogens (tertiary/aromatic N) is 2. The van der Waals surface area contributed by atoms with Crippen LogP contribution >= 0.6 is 0 Å². The summed E-state index contributed by atoms with van der Waals surface area (Å²) in [5.41, 5.74) is 0.857. The number of anilines is 1. The van der Waals surface area contributed by atoms with Gasteiger partial charge in [0.15, 0.2) is 5.82 Å². The number of halogens is 1. The normalized spacial score (nSPS) is 11.6. The Hall–Kier alpha value is -1.91. The lowest BCUT2D eigenvalue weighted by Crippen LogP contribution is -2.13. The number of rotatable bonds is 4. The minimum atomic E-state index is -0.226. The van der Waals surface area contributed by atoms with Crippen molar-refractivity contribution in [3.63, 3.8) is 0 Å². The van der Waals surface area contributed by atoms with Crippen LogP contribution in [0, 0.1) is 5.82 Å². The number of aromatic nitrogens is 3. The van der Waals surface area contributed by atoms with Crippen molar-refractivity contribution in [2.75, 3.05) is 11.9 Å². The maximum absolute atomic E-state index is 12.7. The molecule has 2 rings (SSSR count). The average Bonchev–Trinajstić information content (AvgIpc) is 2.80. The van der Waals surface area contributed by atoms with E-state index in [1.54, 1.807) is 12.1 Å². The topological polar surface area (TPSA) is 53.6 Å². The summed E-state index contributed by atoms with van der Waals surface area (Å²) in [4.78, 5) is 4.46. The van der Waals surface area contributed by atoms with Gasteiger partial charge < -0.3 is 5.32 Å². The third-order valence-electron chi connectivity index (χ3n) is 2.74. The van der Waals surface area contributed by atoms with E-state index in [4.69, 9.17) is 0 Å². The van der Waals surface area contributed by atoms with E-state index in [0.717, 1.165) is 30.3 Å². The molecule has 0 spiro atoms. The van der Waals surface area contributed by atoms with Crippen LogP contribution in [0.2, 0.25) is 0 Å². The molecule has 2 N–H and O–H groups in total. The quantitative estimate of drug-likeness (QED) is 0.890. The molecule has 0 radical (unpaired) electrons. The van der Waals surface area contributed by atoms with Crippen molar-refractivity contribution < 1.29 is 4.39 Å². The Labute approximate surface area is 112 Å². The van der Waals surface area contributed by atoms with E-state index < -0.39 is 0 Å². The van der Waals surface area contributed by atoms with Crippen molar-refractivity contribution in [1.82, 2.24) is 15.2 Å². The fraction of sp³-hybridized carbons (Fsp3) is 0.429. The lowest BCUT2D eigenvalue weighted by Gasteiger charge is -2.11. The first kappa shape index (κ1) is 13.5. The lowest BCUT2D eigenvalue weighted by molar-refractivity contribution is 0.547. The van der Waals surface area contributed by atoms with Gasteiger partial charge in [0, 0.05) is 24.1 Å². The van der Waals surface area contributed by atoms with Crippen LogP contribution in [0.15, 0.2) is 24.3 Å². The summed E-state index contributed by atoms with van der Waals surface area (Å²) in [6, 6.07) is 6.32. The lowest BCUT2D eigenvalue weighted by atomic mass is 9.96. The van der Waals surface area contributed by atoms with E-state index in [9.17, 15) is 4.39 Å². The van der Waals surface area contributed by atoms with Gasteiger partial charge in [-0.25, -0.2) is 9.37 Å². The van der Waals surface area contributed by atoms with Gasteiger partial charge in [-0.3, -0.25) is 5.10 Å². The van der Waals surface area contributed by atoms with Crippen molar-refractivity contribution in [3.05, 3.63) is 41.7 Å². The highest BCUT2D eigenvalue weighted by Gasteiger charge is 2.18. The number of benzene rings is 1. The maximum Gasteiger partial charge on any atom is 0.155 e. The van der Waals surface area contributed by atoms with Crippen molar-refractivity contribution in [2.24, 2.45) is 0 Å². The van der Waals surface area contributed by atoms with Crippen LogP contribution < -0.4 is 5.32 Å². The molecular weight excluding hydrogens is 243 g/mol. The summed E-state index contributed by atoms with van der Waals surface area (Å²) < 4.78 is 12.7. The molecular formula is C14H19FN4. The second-order valence-corrected chi connectivity index (χ2v) is 5.54. The second kappa shape index (κ2) is 5.38. The fourth-order valence-corrected chi connectivity index (χ4v) is 1.64. The van der Waals surface area contributed by atoms with Crippen LogP contribution in [-0.2, 0) is 11.8 Å². The molecule has 4 nitrogen and oxygen atoms in total. The summed E-state index contributed by atoms with van der Waals surface area (Å²) in [7, 11) is 0. The van der Waals surface area contributed by atoms with Gasteiger partial charge in [-0.2, -0.15) is 5.10 Å². The highest BCUT2D eigenvalue weighted by Crippen LogP contribution is 2.17. The molecule has 19 heavy (non-hydrogen) atoms. The summed E-state index contributed by atoms with van der Waals surface area (Å²) >= 11 is 0. The molecule has 0 amide bonds. The molecule has 0 aliphatic carbocycles. The minimum absolute atomic E-state index is 0.0425. The third kappa shape index (κ3) is 3.77.